The lowest BCUT2D eigenvalue weighted by Crippen LogP contribution is -2.45. The van der Waals surface area contributed by atoms with Gasteiger partial charge >= 0.3 is 5.69 Å². The summed E-state index contributed by atoms with van der Waals surface area (Å²) in [5, 5.41) is 0. The second kappa shape index (κ2) is 11.3. The predicted molar refractivity (Wildman–Crippen MR) is 112 cm³/mol. The minimum absolute atomic E-state index is 0.00330. The zero-order chi connectivity index (χ0) is 22.1. The van der Waals surface area contributed by atoms with Gasteiger partial charge < -0.3 is 4.90 Å². The average Bonchev–Trinajstić information content (AvgIpc) is 2.68. The molecule has 0 unspecified atom stereocenters. The Morgan fingerprint density at radius 3 is 2.24 bits per heavy atom. The molecule has 1 aromatic rings. The number of unbranched alkanes of at least 4 members (excludes halogenated alkanes) is 1. The standard InChI is InChI=1S/C21H29F2N3O3/c1-6-9-10-17(15(4)14-27)26(13-18(22)23)19-16(5)20(28)25(12-8-3)21(29)24(19)11-7-2/h7-8,14,18H,2-3,6,9-13H2,1,4-5H3/b17-15-. The third-order valence-corrected chi connectivity index (χ3v) is 4.54. The van der Waals surface area contributed by atoms with E-state index in [1.165, 1.54) is 28.5 Å². The first-order valence-electron chi connectivity index (χ1n) is 9.51. The summed E-state index contributed by atoms with van der Waals surface area (Å²) in [6.45, 7) is 11.4. The Balaban J connectivity index is 3.96. The molecule has 1 rings (SSSR count). The fourth-order valence-electron chi connectivity index (χ4n) is 3.18. The molecule has 0 saturated carbocycles. The number of carbonyl (C=O) groups is 1. The summed E-state index contributed by atoms with van der Waals surface area (Å²) in [6, 6.07) is 0. The van der Waals surface area contributed by atoms with Gasteiger partial charge in [0.1, 0.15) is 12.1 Å². The van der Waals surface area contributed by atoms with Crippen molar-refractivity contribution in [3.05, 3.63) is 63.0 Å². The maximum atomic E-state index is 13.5. The fourth-order valence-corrected chi connectivity index (χ4v) is 3.18. The lowest BCUT2D eigenvalue weighted by Gasteiger charge is -2.32. The van der Waals surface area contributed by atoms with E-state index in [0.29, 0.717) is 24.8 Å². The van der Waals surface area contributed by atoms with Gasteiger partial charge in [-0.2, -0.15) is 0 Å². The smallest absolute Gasteiger partial charge is 0.325 e. The van der Waals surface area contributed by atoms with Gasteiger partial charge in [-0.15, -0.1) is 13.2 Å². The van der Waals surface area contributed by atoms with Crippen LogP contribution in [0.5, 0.6) is 0 Å². The van der Waals surface area contributed by atoms with Gasteiger partial charge in [-0.1, -0.05) is 25.5 Å². The van der Waals surface area contributed by atoms with Gasteiger partial charge in [0.25, 0.3) is 12.0 Å². The van der Waals surface area contributed by atoms with Gasteiger partial charge in [0.2, 0.25) is 0 Å². The highest BCUT2D eigenvalue weighted by Gasteiger charge is 2.26. The number of hydrogen-bond acceptors (Lipinski definition) is 4. The first kappa shape index (κ1) is 24.3. The number of anilines is 1. The summed E-state index contributed by atoms with van der Waals surface area (Å²) in [5.74, 6) is 0.0628. The summed E-state index contributed by atoms with van der Waals surface area (Å²) in [6.07, 6.45) is 2.55. The van der Waals surface area contributed by atoms with E-state index in [4.69, 9.17) is 0 Å². The molecule has 160 valence electrons. The number of alkyl halides is 2. The van der Waals surface area contributed by atoms with E-state index >= 15 is 0 Å². The number of aldehydes is 1. The fraction of sp³-hybridized carbons (Fsp3) is 0.476. The highest BCUT2D eigenvalue weighted by Crippen LogP contribution is 2.27. The van der Waals surface area contributed by atoms with Crippen LogP contribution in [0.1, 0.15) is 38.7 Å². The van der Waals surface area contributed by atoms with Crippen LogP contribution in [0.3, 0.4) is 0 Å². The molecule has 0 atom stereocenters. The third kappa shape index (κ3) is 5.62. The maximum absolute atomic E-state index is 13.5. The second-order valence-corrected chi connectivity index (χ2v) is 6.69. The zero-order valence-electron chi connectivity index (χ0n) is 17.3. The quantitative estimate of drug-likeness (QED) is 0.301. The van der Waals surface area contributed by atoms with E-state index in [2.05, 4.69) is 13.2 Å². The van der Waals surface area contributed by atoms with E-state index in [1.807, 2.05) is 6.92 Å². The normalized spacial score (nSPS) is 11.9. The number of allylic oxidation sites excluding steroid dienone is 4. The van der Waals surface area contributed by atoms with E-state index in [9.17, 15) is 23.2 Å². The van der Waals surface area contributed by atoms with Crippen LogP contribution < -0.4 is 16.1 Å². The molecule has 0 aromatic carbocycles. The summed E-state index contributed by atoms with van der Waals surface area (Å²) in [5.41, 5.74) is -0.423. The van der Waals surface area contributed by atoms with Crippen molar-refractivity contribution >= 4 is 12.1 Å². The zero-order valence-corrected chi connectivity index (χ0v) is 17.3. The lowest BCUT2D eigenvalue weighted by atomic mass is 10.1. The molecule has 0 bridgehead atoms. The van der Waals surface area contributed by atoms with Crippen LogP contribution in [-0.2, 0) is 17.9 Å². The molecule has 0 saturated heterocycles. The molecule has 0 radical (unpaired) electrons. The largest absolute Gasteiger partial charge is 0.333 e. The van der Waals surface area contributed by atoms with E-state index < -0.39 is 24.2 Å². The van der Waals surface area contributed by atoms with E-state index in [0.717, 1.165) is 11.0 Å². The Morgan fingerprint density at radius 1 is 1.17 bits per heavy atom. The van der Waals surface area contributed by atoms with Crippen molar-refractivity contribution < 1.29 is 13.6 Å². The molecule has 1 heterocycles. The first-order valence-corrected chi connectivity index (χ1v) is 9.51. The SMILES string of the molecule is C=CCn1c(N(CC(F)F)/C(CCCC)=C(/C)C=O)c(C)c(=O)n(CC=C)c1=O. The summed E-state index contributed by atoms with van der Waals surface area (Å²) >= 11 is 0. The molecule has 6 nitrogen and oxygen atoms in total. The molecular formula is C21H29F2N3O3. The molecule has 0 aliphatic rings. The van der Waals surface area contributed by atoms with Gasteiger partial charge in [-0.05, 0) is 26.7 Å². The Kier molecular flexibility index (Phi) is 9.44. The molecule has 0 N–H and O–H groups in total. The van der Waals surface area contributed by atoms with Gasteiger partial charge in [0.15, 0.2) is 0 Å². The minimum Gasteiger partial charge on any atom is -0.325 e. The molecule has 0 fully saturated rings. The topological polar surface area (TPSA) is 64.3 Å². The van der Waals surface area contributed by atoms with Crippen LogP contribution in [0.4, 0.5) is 14.6 Å². The molecule has 0 aliphatic heterocycles. The highest BCUT2D eigenvalue weighted by atomic mass is 19.3. The van der Waals surface area contributed by atoms with Crippen LogP contribution in [0.15, 0.2) is 46.2 Å². The van der Waals surface area contributed by atoms with Crippen molar-refractivity contribution in [3.63, 3.8) is 0 Å². The van der Waals surface area contributed by atoms with Crippen LogP contribution in [-0.4, -0.2) is 28.4 Å². The van der Waals surface area contributed by atoms with Crippen molar-refractivity contribution in [1.29, 1.82) is 0 Å². The number of hydrogen-bond donors (Lipinski definition) is 0. The molecule has 0 amide bonds. The number of aromatic nitrogens is 2. The number of carbonyl (C=O) groups excluding carboxylic acids is 1. The predicted octanol–water partition coefficient (Wildman–Crippen LogP) is 3.43. The Hall–Kier alpha value is -2.77. The summed E-state index contributed by atoms with van der Waals surface area (Å²) < 4.78 is 29.3. The van der Waals surface area contributed by atoms with Crippen molar-refractivity contribution in [1.82, 2.24) is 9.13 Å². The number of nitrogens with zero attached hydrogens (tertiary/aromatic N) is 3. The van der Waals surface area contributed by atoms with Crippen LogP contribution in [0, 0.1) is 6.92 Å². The van der Waals surface area contributed by atoms with Crippen LogP contribution >= 0.6 is 0 Å². The minimum atomic E-state index is -2.74. The first-order chi connectivity index (χ1) is 13.7. The van der Waals surface area contributed by atoms with Gasteiger partial charge in [0.05, 0.1) is 12.1 Å². The molecular weight excluding hydrogens is 380 g/mol. The van der Waals surface area contributed by atoms with E-state index in [1.54, 1.807) is 6.92 Å². The van der Waals surface area contributed by atoms with Crippen molar-refractivity contribution in [2.75, 3.05) is 11.4 Å². The monoisotopic (exact) mass is 409 g/mol. The third-order valence-electron chi connectivity index (χ3n) is 4.54. The highest BCUT2D eigenvalue weighted by molar-refractivity contribution is 5.75. The molecule has 29 heavy (non-hydrogen) atoms. The van der Waals surface area contributed by atoms with E-state index in [-0.39, 0.29) is 30.0 Å². The Bertz CT molecular complexity index is 898. The second-order valence-electron chi connectivity index (χ2n) is 6.69. The Morgan fingerprint density at radius 2 is 1.76 bits per heavy atom. The van der Waals surface area contributed by atoms with Crippen molar-refractivity contribution in [2.24, 2.45) is 0 Å². The molecule has 0 spiro atoms. The molecule has 8 heteroatoms. The Labute approximate surface area is 169 Å². The van der Waals surface area contributed by atoms with Gasteiger partial charge in [-0.25, -0.2) is 13.6 Å². The number of halogens is 2. The lowest BCUT2D eigenvalue weighted by molar-refractivity contribution is -0.104. The average molecular weight is 409 g/mol. The van der Waals surface area contributed by atoms with Gasteiger partial charge in [0, 0.05) is 24.4 Å². The van der Waals surface area contributed by atoms with Crippen molar-refractivity contribution in [2.45, 2.75) is 59.5 Å². The molecule has 1 aromatic heterocycles. The number of rotatable bonds is 12. The maximum Gasteiger partial charge on any atom is 0.333 e. The van der Waals surface area contributed by atoms with Gasteiger partial charge in [-0.3, -0.25) is 18.7 Å². The van der Waals surface area contributed by atoms with Crippen molar-refractivity contribution in [3.8, 4) is 0 Å². The molecule has 0 aliphatic carbocycles. The summed E-state index contributed by atoms with van der Waals surface area (Å²) in [7, 11) is 0. The summed E-state index contributed by atoms with van der Waals surface area (Å²) in [4.78, 5) is 38.4. The van der Waals surface area contributed by atoms with Crippen LogP contribution in [0.25, 0.3) is 0 Å². The van der Waals surface area contributed by atoms with Crippen LogP contribution in [0.2, 0.25) is 0 Å².